The lowest BCUT2D eigenvalue weighted by Crippen LogP contribution is -2.49. The van der Waals surface area contributed by atoms with E-state index in [0.717, 1.165) is 0 Å². The zero-order valence-corrected chi connectivity index (χ0v) is 14.5. The molecule has 4 amide bonds. The lowest BCUT2D eigenvalue weighted by Gasteiger charge is -2.34. The zero-order chi connectivity index (χ0) is 18.8. The van der Waals surface area contributed by atoms with Gasteiger partial charge in [0.1, 0.15) is 6.54 Å². The predicted molar refractivity (Wildman–Crippen MR) is 97.5 cm³/mol. The van der Waals surface area contributed by atoms with Crippen molar-refractivity contribution in [1.82, 2.24) is 20.2 Å². The Hall–Kier alpha value is -3.49. The van der Waals surface area contributed by atoms with Crippen molar-refractivity contribution >= 4 is 29.5 Å². The Kier molecular flexibility index (Phi) is 4.41. The minimum absolute atomic E-state index is 0.00432. The average Bonchev–Trinajstić information content (AvgIpc) is 3.06. The standard InChI is InChI=1S/C18H18N6O3/c25-15-12-24(18(27)21-15)14-4-2-13(3-5-14)16(26)22-8-10-23(11-9-22)17-19-6-1-7-20-17/h1-7H,8-12H2,(H,21,25,27). The van der Waals surface area contributed by atoms with Crippen molar-refractivity contribution in [3.8, 4) is 0 Å². The van der Waals surface area contributed by atoms with Crippen molar-refractivity contribution in [2.45, 2.75) is 0 Å². The number of nitrogens with zero attached hydrogens (tertiary/aromatic N) is 5. The van der Waals surface area contributed by atoms with E-state index in [1.54, 1.807) is 47.6 Å². The van der Waals surface area contributed by atoms with Crippen molar-refractivity contribution in [2.24, 2.45) is 0 Å². The Balaban J connectivity index is 1.39. The molecule has 1 aromatic carbocycles. The van der Waals surface area contributed by atoms with Crippen molar-refractivity contribution in [3.63, 3.8) is 0 Å². The number of aromatic nitrogens is 2. The first-order chi connectivity index (χ1) is 13.1. The largest absolute Gasteiger partial charge is 0.337 e. The summed E-state index contributed by atoms with van der Waals surface area (Å²) in [6, 6.07) is 8.05. The number of nitrogens with one attached hydrogen (secondary N) is 1. The average molecular weight is 366 g/mol. The second-order valence-corrected chi connectivity index (χ2v) is 6.31. The van der Waals surface area contributed by atoms with Gasteiger partial charge < -0.3 is 9.80 Å². The monoisotopic (exact) mass is 366 g/mol. The molecule has 0 saturated carbocycles. The van der Waals surface area contributed by atoms with Gasteiger partial charge in [-0.15, -0.1) is 0 Å². The summed E-state index contributed by atoms with van der Waals surface area (Å²) in [7, 11) is 0. The first-order valence-corrected chi connectivity index (χ1v) is 8.64. The van der Waals surface area contributed by atoms with Crippen molar-refractivity contribution in [2.75, 3.05) is 42.5 Å². The van der Waals surface area contributed by atoms with Crippen LogP contribution in [0.3, 0.4) is 0 Å². The second-order valence-electron chi connectivity index (χ2n) is 6.31. The highest BCUT2D eigenvalue weighted by Crippen LogP contribution is 2.19. The van der Waals surface area contributed by atoms with Gasteiger partial charge in [-0.3, -0.25) is 19.8 Å². The molecule has 2 aliphatic heterocycles. The van der Waals surface area contributed by atoms with Crippen LogP contribution in [0.4, 0.5) is 16.4 Å². The zero-order valence-electron chi connectivity index (χ0n) is 14.5. The van der Waals surface area contributed by atoms with Gasteiger partial charge in [0.05, 0.1) is 0 Å². The summed E-state index contributed by atoms with van der Waals surface area (Å²) in [4.78, 5) is 49.4. The Bertz CT molecular complexity index is 862. The number of imide groups is 1. The van der Waals surface area contributed by atoms with Crippen molar-refractivity contribution in [1.29, 1.82) is 0 Å². The summed E-state index contributed by atoms with van der Waals surface area (Å²) in [5.41, 5.74) is 1.13. The highest BCUT2D eigenvalue weighted by Gasteiger charge is 2.28. The van der Waals surface area contributed by atoms with Gasteiger partial charge in [-0.05, 0) is 30.3 Å². The maximum atomic E-state index is 12.7. The molecule has 2 aliphatic rings. The lowest BCUT2D eigenvalue weighted by molar-refractivity contribution is -0.117. The number of amides is 4. The number of hydrogen-bond donors (Lipinski definition) is 1. The number of carbonyl (C=O) groups is 3. The van der Waals surface area contributed by atoms with Crippen LogP contribution < -0.4 is 15.1 Å². The summed E-state index contributed by atoms with van der Waals surface area (Å²) in [5.74, 6) is 0.282. The molecule has 3 heterocycles. The van der Waals surface area contributed by atoms with Crippen LogP contribution in [0, 0.1) is 0 Å². The van der Waals surface area contributed by atoms with E-state index in [2.05, 4.69) is 20.2 Å². The molecule has 1 N–H and O–H groups in total. The molecule has 0 radical (unpaired) electrons. The Labute approximate surface area is 155 Å². The van der Waals surface area contributed by atoms with Gasteiger partial charge in [-0.1, -0.05) is 0 Å². The summed E-state index contributed by atoms with van der Waals surface area (Å²) in [6.07, 6.45) is 3.41. The van der Waals surface area contributed by atoms with Crippen LogP contribution in [-0.2, 0) is 4.79 Å². The van der Waals surface area contributed by atoms with E-state index in [1.807, 2.05) is 0 Å². The molecule has 0 bridgehead atoms. The summed E-state index contributed by atoms with van der Waals surface area (Å²) >= 11 is 0. The van der Waals surface area contributed by atoms with Gasteiger partial charge >= 0.3 is 6.03 Å². The molecule has 27 heavy (non-hydrogen) atoms. The highest BCUT2D eigenvalue weighted by atomic mass is 16.2. The molecule has 9 nitrogen and oxygen atoms in total. The van der Waals surface area contributed by atoms with E-state index in [1.165, 1.54) is 4.90 Å². The smallest absolute Gasteiger partial charge is 0.329 e. The van der Waals surface area contributed by atoms with E-state index in [-0.39, 0.29) is 18.4 Å². The number of rotatable bonds is 3. The van der Waals surface area contributed by atoms with Crippen LogP contribution in [0.25, 0.3) is 0 Å². The number of carbonyl (C=O) groups excluding carboxylic acids is 3. The van der Waals surface area contributed by atoms with Crippen LogP contribution in [0.15, 0.2) is 42.7 Å². The lowest BCUT2D eigenvalue weighted by atomic mass is 10.1. The van der Waals surface area contributed by atoms with Crippen LogP contribution in [-0.4, -0.2) is 65.4 Å². The molecule has 2 fully saturated rings. The van der Waals surface area contributed by atoms with E-state index < -0.39 is 6.03 Å². The summed E-state index contributed by atoms with van der Waals surface area (Å²) < 4.78 is 0. The Morgan fingerprint density at radius 1 is 0.963 bits per heavy atom. The highest BCUT2D eigenvalue weighted by molar-refractivity contribution is 6.12. The van der Waals surface area contributed by atoms with Crippen LogP contribution >= 0.6 is 0 Å². The fourth-order valence-electron chi connectivity index (χ4n) is 3.18. The minimum atomic E-state index is -0.446. The summed E-state index contributed by atoms with van der Waals surface area (Å²) in [6.45, 7) is 2.51. The molecular weight excluding hydrogens is 348 g/mol. The molecule has 9 heteroatoms. The van der Waals surface area contributed by atoms with Crippen LogP contribution in [0.2, 0.25) is 0 Å². The number of benzene rings is 1. The van der Waals surface area contributed by atoms with Gasteiger partial charge in [0, 0.05) is 49.8 Å². The molecule has 2 saturated heterocycles. The maximum absolute atomic E-state index is 12.7. The maximum Gasteiger partial charge on any atom is 0.329 e. The molecule has 0 spiro atoms. The fraction of sp³-hybridized carbons (Fsp3) is 0.278. The van der Waals surface area contributed by atoms with E-state index in [4.69, 9.17) is 0 Å². The number of piperazine rings is 1. The van der Waals surface area contributed by atoms with Crippen LogP contribution in [0.1, 0.15) is 10.4 Å². The first-order valence-electron chi connectivity index (χ1n) is 8.64. The quantitative estimate of drug-likeness (QED) is 0.794. The van der Waals surface area contributed by atoms with Gasteiger partial charge in [-0.25, -0.2) is 14.8 Å². The number of urea groups is 1. The topological polar surface area (TPSA) is 98.7 Å². The Morgan fingerprint density at radius 2 is 1.63 bits per heavy atom. The van der Waals surface area contributed by atoms with Gasteiger partial charge in [0.25, 0.3) is 5.91 Å². The number of hydrogen-bond acceptors (Lipinski definition) is 6. The number of anilines is 2. The molecule has 1 aromatic heterocycles. The van der Waals surface area contributed by atoms with Crippen LogP contribution in [0.5, 0.6) is 0 Å². The molecule has 2 aromatic rings. The van der Waals surface area contributed by atoms with E-state index in [9.17, 15) is 14.4 Å². The normalized spacial score (nSPS) is 17.3. The predicted octanol–water partition coefficient (Wildman–Crippen LogP) is 0.495. The third-order valence-corrected chi connectivity index (χ3v) is 4.62. The third-order valence-electron chi connectivity index (χ3n) is 4.62. The fourth-order valence-corrected chi connectivity index (χ4v) is 3.18. The first kappa shape index (κ1) is 17.0. The molecule has 0 atom stereocenters. The van der Waals surface area contributed by atoms with Gasteiger partial charge in [0.15, 0.2) is 0 Å². The molecule has 4 rings (SSSR count). The molecule has 0 unspecified atom stereocenters. The molecule has 0 aliphatic carbocycles. The molecular formula is C18H18N6O3. The minimum Gasteiger partial charge on any atom is -0.337 e. The van der Waals surface area contributed by atoms with Gasteiger partial charge in [0.2, 0.25) is 11.9 Å². The SMILES string of the molecule is O=C1CN(c2ccc(C(=O)N3CCN(c4ncccn4)CC3)cc2)C(=O)N1. The molecule has 138 valence electrons. The van der Waals surface area contributed by atoms with Crippen molar-refractivity contribution in [3.05, 3.63) is 48.3 Å². The Morgan fingerprint density at radius 3 is 2.22 bits per heavy atom. The van der Waals surface area contributed by atoms with E-state index >= 15 is 0 Å². The van der Waals surface area contributed by atoms with Gasteiger partial charge in [-0.2, -0.15) is 0 Å². The van der Waals surface area contributed by atoms with Crippen molar-refractivity contribution < 1.29 is 14.4 Å². The summed E-state index contributed by atoms with van der Waals surface area (Å²) in [5, 5.41) is 2.23. The second kappa shape index (κ2) is 7.02. The van der Waals surface area contributed by atoms with E-state index in [0.29, 0.717) is 43.4 Å². The third kappa shape index (κ3) is 3.43.